The maximum Gasteiger partial charge on any atom is 0.222 e. The summed E-state index contributed by atoms with van der Waals surface area (Å²) >= 11 is 0. The van der Waals surface area contributed by atoms with Gasteiger partial charge in [-0.05, 0) is 49.5 Å². The van der Waals surface area contributed by atoms with Gasteiger partial charge in [0, 0.05) is 20.0 Å². The Morgan fingerprint density at radius 2 is 1.95 bits per heavy atom. The largest absolute Gasteiger partial charge is 0.497 e. The van der Waals surface area contributed by atoms with Gasteiger partial charge in [0.05, 0.1) is 7.11 Å². The molecule has 0 spiro atoms. The zero-order valence-electron chi connectivity index (χ0n) is 12.4. The van der Waals surface area contributed by atoms with Crippen LogP contribution in [0.25, 0.3) is 0 Å². The molecular formula is C16H24N2O2. The van der Waals surface area contributed by atoms with Gasteiger partial charge in [-0.2, -0.15) is 0 Å². The van der Waals surface area contributed by atoms with Gasteiger partial charge >= 0.3 is 0 Å². The molecule has 1 aliphatic heterocycles. The Balaban J connectivity index is 1.83. The van der Waals surface area contributed by atoms with Gasteiger partial charge in [-0.15, -0.1) is 0 Å². The van der Waals surface area contributed by atoms with Crippen molar-refractivity contribution in [1.82, 2.24) is 10.2 Å². The summed E-state index contributed by atoms with van der Waals surface area (Å²) in [5, 5.41) is 3.33. The number of nitrogens with one attached hydrogen (secondary N) is 1. The first-order valence-corrected chi connectivity index (χ1v) is 7.26. The first-order chi connectivity index (χ1) is 9.69. The molecule has 4 heteroatoms. The summed E-state index contributed by atoms with van der Waals surface area (Å²) < 4.78 is 5.14. The molecule has 1 aromatic rings. The number of piperidine rings is 1. The minimum atomic E-state index is 0.243. The highest BCUT2D eigenvalue weighted by Gasteiger charge is 2.19. The molecule has 0 aromatic heterocycles. The van der Waals surface area contributed by atoms with Gasteiger partial charge in [0.15, 0.2) is 0 Å². The van der Waals surface area contributed by atoms with E-state index in [1.165, 1.54) is 0 Å². The van der Waals surface area contributed by atoms with Crippen LogP contribution in [-0.2, 0) is 11.3 Å². The maximum atomic E-state index is 12.2. The van der Waals surface area contributed by atoms with Crippen LogP contribution < -0.4 is 10.1 Å². The predicted octanol–water partition coefficient (Wildman–Crippen LogP) is 2.04. The normalized spacial score (nSPS) is 15.9. The molecule has 1 aromatic carbocycles. The predicted molar refractivity (Wildman–Crippen MR) is 79.7 cm³/mol. The third kappa shape index (κ3) is 4.23. The molecule has 0 atom stereocenters. The summed E-state index contributed by atoms with van der Waals surface area (Å²) in [4.78, 5) is 14.0. The smallest absolute Gasteiger partial charge is 0.222 e. The number of nitrogens with zero attached hydrogens (tertiary/aromatic N) is 1. The summed E-state index contributed by atoms with van der Waals surface area (Å²) in [6, 6.07) is 7.88. The lowest BCUT2D eigenvalue weighted by Gasteiger charge is -2.25. The fourth-order valence-electron chi connectivity index (χ4n) is 2.58. The molecule has 1 saturated heterocycles. The van der Waals surface area contributed by atoms with Crippen LogP contribution in [-0.4, -0.2) is 38.1 Å². The second kappa shape index (κ2) is 7.29. The van der Waals surface area contributed by atoms with E-state index in [9.17, 15) is 4.79 Å². The number of carbonyl (C=O) groups excluding carboxylic acids is 1. The Kier molecular flexibility index (Phi) is 5.41. The number of hydrogen-bond donors (Lipinski definition) is 1. The van der Waals surface area contributed by atoms with Gasteiger partial charge in [0.1, 0.15) is 5.75 Å². The monoisotopic (exact) mass is 276 g/mol. The maximum absolute atomic E-state index is 12.2. The molecule has 0 unspecified atom stereocenters. The summed E-state index contributed by atoms with van der Waals surface area (Å²) in [5.74, 6) is 1.63. The van der Waals surface area contributed by atoms with Gasteiger partial charge < -0.3 is 15.0 Å². The van der Waals surface area contributed by atoms with Crippen LogP contribution in [0, 0.1) is 5.92 Å². The number of carbonyl (C=O) groups is 1. The zero-order valence-corrected chi connectivity index (χ0v) is 12.4. The fraction of sp³-hybridized carbons (Fsp3) is 0.562. The Morgan fingerprint density at radius 3 is 2.55 bits per heavy atom. The van der Waals surface area contributed by atoms with Gasteiger partial charge in [0.25, 0.3) is 0 Å². The van der Waals surface area contributed by atoms with Crippen LogP contribution in [0.1, 0.15) is 24.8 Å². The van der Waals surface area contributed by atoms with Crippen LogP contribution in [0.3, 0.4) is 0 Å². The van der Waals surface area contributed by atoms with Crippen LogP contribution in [0.5, 0.6) is 5.75 Å². The quantitative estimate of drug-likeness (QED) is 0.895. The molecule has 0 aliphatic carbocycles. The SMILES string of the molecule is COc1ccc(CN(C)C(=O)CC2CCNCC2)cc1. The van der Waals surface area contributed by atoms with Crippen LogP contribution >= 0.6 is 0 Å². The van der Waals surface area contributed by atoms with E-state index in [-0.39, 0.29) is 5.91 Å². The summed E-state index contributed by atoms with van der Waals surface area (Å²) in [6.45, 7) is 2.74. The lowest BCUT2D eigenvalue weighted by Crippen LogP contribution is -2.33. The third-order valence-electron chi connectivity index (χ3n) is 3.93. The molecule has 110 valence electrons. The second-order valence-electron chi connectivity index (χ2n) is 5.50. The first-order valence-electron chi connectivity index (χ1n) is 7.26. The van der Waals surface area contributed by atoms with E-state index < -0.39 is 0 Å². The van der Waals surface area contributed by atoms with Crippen molar-refractivity contribution in [2.75, 3.05) is 27.2 Å². The van der Waals surface area contributed by atoms with Gasteiger partial charge in [0.2, 0.25) is 5.91 Å². The van der Waals surface area contributed by atoms with E-state index in [0.717, 1.165) is 37.2 Å². The zero-order chi connectivity index (χ0) is 14.4. The fourth-order valence-corrected chi connectivity index (χ4v) is 2.58. The summed E-state index contributed by atoms with van der Waals surface area (Å²) in [5.41, 5.74) is 1.13. The summed E-state index contributed by atoms with van der Waals surface area (Å²) in [6.07, 6.45) is 2.90. The number of hydrogen-bond acceptors (Lipinski definition) is 3. The highest BCUT2D eigenvalue weighted by Crippen LogP contribution is 2.18. The molecule has 1 N–H and O–H groups in total. The molecule has 0 bridgehead atoms. The lowest BCUT2D eigenvalue weighted by molar-refractivity contribution is -0.131. The van der Waals surface area contributed by atoms with E-state index >= 15 is 0 Å². The Bertz CT molecular complexity index is 425. The van der Waals surface area contributed by atoms with Crippen molar-refractivity contribution < 1.29 is 9.53 Å². The molecule has 0 saturated carbocycles. The Hall–Kier alpha value is -1.55. The van der Waals surface area contributed by atoms with Gasteiger partial charge in [-0.3, -0.25) is 4.79 Å². The highest BCUT2D eigenvalue weighted by molar-refractivity contribution is 5.76. The number of methoxy groups -OCH3 is 1. The topological polar surface area (TPSA) is 41.6 Å². The van der Waals surface area contributed by atoms with Crippen molar-refractivity contribution in [3.05, 3.63) is 29.8 Å². The van der Waals surface area contributed by atoms with E-state index in [4.69, 9.17) is 4.74 Å². The average Bonchev–Trinajstić information content (AvgIpc) is 2.49. The second-order valence-corrected chi connectivity index (χ2v) is 5.50. The molecule has 1 heterocycles. The van der Waals surface area contributed by atoms with Crippen LogP contribution in [0.4, 0.5) is 0 Å². The summed E-state index contributed by atoms with van der Waals surface area (Å²) in [7, 11) is 3.54. The van der Waals surface area contributed by atoms with E-state index in [1.54, 1.807) is 7.11 Å². The minimum Gasteiger partial charge on any atom is -0.497 e. The average molecular weight is 276 g/mol. The molecule has 1 amide bonds. The molecule has 1 fully saturated rings. The van der Waals surface area contributed by atoms with Gasteiger partial charge in [-0.1, -0.05) is 12.1 Å². The van der Waals surface area contributed by atoms with Crippen molar-refractivity contribution in [2.45, 2.75) is 25.8 Å². The van der Waals surface area contributed by atoms with Gasteiger partial charge in [-0.25, -0.2) is 0 Å². The molecule has 1 aliphatic rings. The van der Waals surface area contributed by atoms with E-state index in [1.807, 2.05) is 36.2 Å². The Morgan fingerprint density at radius 1 is 1.30 bits per heavy atom. The van der Waals surface area contributed by atoms with Crippen molar-refractivity contribution in [3.8, 4) is 5.75 Å². The van der Waals surface area contributed by atoms with Crippen molar-refractivity contribution >= 4 is 5.91 Å². The van der Waals surface area contributed by atoms with E-state index in [0.29, 0.717) is 18.9 Å². The van der Waals surface area contributed by atoms with E-state index in [2.05, 4.69) is 5.32 Å². The molecule has 0 radical (unpaired) electrons. The molecular weight excluding hydrogens is 252 g/mol. The minimum absolute atomic E-state index is 0.243. The molecule has 20 heavy (non-hydrogen) atoms. The Labute approximate surface area is 121 Å². The number of ether oxygens (including phenoxy) is 1. The number of rotatable bonds is 5. The van der Waals surface area contributed by atoms with Crippen molar-refractivity contribution in [2.24, 2.45) is 5.92 Å². The third-order valence-corrected chi connectivity index (χ3v) is 3.93. The van der Waals surface area contributed by atoms with Crippen molar-refractivity contribution in [1.29, 1.82) is 0 Å². The molecule has 4 nitrogen and oxygen atoms in total. The lowest BCUT2D eigenvalue weighted by atomic mass is 9.94. The highest BCUT2D eigenvalue weighted by atomic mass is 16.5. The van der Waals surface area contributed by atoms with Crippen LogP contribution in [0.15, 0.2) is 24.3 Å². The first kappa shape index (κ1) is 14.9. The number of benzene rings is 1. The molecule has 2 rings (SSSR count). The number of amides is 1. The standard InChI is InChI=1S/C16H24N2O2/c1-18(12-14-3-5-15(20-2)6-4-14)16(19)11-13-7-9-17-10-8-13/h3-6,13,17H,7-12H2,1-2H3. The van der Waals surface area contributed by atoms with Crippen molar-refractivity contribution in [3.63, 3.8) is 0 Å². The van der Waals surface area contributed by atoms with Crippen LogP contribution in [0.2, 0.25) is 0 Å².